The average Bonchev–Trinajstić information content (AvgIpc) is 2.61. The Bertz CT molecular complexity index is 420. The van der Waals surface area contributed by atoms with Crippen LogP contribution in [0.3, 0.4) is 0 Å². The van der Waals surface area contributed by atoms with Crippen LogP contribution in [0, 0.1) is 6.92 Å². The lowest BCUT2D eigenvalue weighted by Crippen LogP contribution is -1.85. The van der Waals surface area contributed by atoms with Crippen LogP contribution in [0.2, 0.25) is 0 Å². The second-order valence-corrected chi connectivity index (χ2v) is 4.05. The van der Waals surface area contributed by atoms with Gasteiger partial charge in [0.15, 0.2) is 0 Å². The van der Waals surface area contributed by atoms with Gasteiger partial charge in [-0.25, -0.2) is 4.98 Å². The maximum atomic E-state index is 4.51. The minimum atomic E-state index is 1.07. The van der Waals surface area contributed by atoms with Gasteiger partial charge < -0.3 is 5.32 Å². The summed E-state index contributed by atoms with van der Waals surface area (Å²) in [5, 5.41) is 5.36. The van der Waals surface area contributed by atoms with E-state index in [1.807, 2.05) is 32.2 Å². The molecule has 1 aromatic heterocycles. The number of anilines is 1. The van der Waals surface area contributed by atoms with Gasteiger partial charge in [-0.2, -0.15) is 0 Å². The van der Waals surface area contributed by atoms with E-state index in [9.17, 15) is 0 Å². The van der Waals surface area contributed by atoms with Crippen LogP contribution in [0.25, 0.3) is 10.6 Å². The number of hydrogen-bond acceptors (Lipinski definition) is 3. The number of aryl methyl sites for hydroxylation is 1. The lowest BCUT2D eigenvalue weighted by atomic mass is 10.2. The number of rotatable bonds is 2. The van der Waals surface area contributed by atoms with Gasteiger partial charge in [-0.15, -0.1) is 0 Å². The van der Waals surface area contributed by atoms with E-state index >= 15 is 0 Å². The number of aromatic nitrogens is 1. The molecule has 0 aliphatic heterocycles. The Morgan fingerprint density at radius 1 is 1.21 bits per heavy atom. The summed E-state index contributed by atoms with van der Waals surface area (Å²) in [6.07, 6.45) is 0. The summed E-state index contributed by atoms with van der Waals surface area (Å²) in [6.45, 7) is 2.02. The molecule has 3 heteroatoms. The quantitative estimate of drug-likeness (QED) is 0.812. The molecule has 0 saturated carbocycles. The molecule has 0 unspecified atom stereocenters. The molecule has 0 aliphatic rings. The third kappa shape index (κ3) is 1.63. The molecule has 2 nitrogen and oxygen atoms in total. The molecule has 0 saturated heterocycles. The molecular weight excluding hydrogens is 192 g/mol. The number of thiazole rings is 1. The summed E-state index contributed by atoms with van der Waals surface area (Å²) in [5.41, 5.74) is 2.25. The zero-order valence-electron chi connectivity index (χ0n) is 8.24. The fraction of sp³-hybridized carbons (Fsp3) is 0.182. The van der Waals surface area contributed by atoms with Crippen molar-refractivity contribution < 1.29 is 0 Å². The van der Waals surface area contributed by atoms with Gasteiger partial charge in [0.05, 0.1) is 5.69 Å². The lowest BCUT2D eigenvalue weighted by molar-refractivity contribution is 1.26. The van der Waals surface area contributed by atoms with E-state index in [4.69, 9.17) is 0 Å². The molecule has 72 valence electrons. The first kappa shape index (κ1) is 9.21. The molecule has 0 atom stereocenters. The molecule has 0 radical (unpaired) electrons. The standard InChI is InChI=1S/C11H12N2S/c1-8-10(12-2)14-11(13-8)9-6-4-3-5-7-9/h3-7,12H,1-2H3. The van der Waals surface area contributed by atoms with Crippen LogP contribution in [0.1, 0.15) is 5.69 Å². The van der Waals surface area contributed by atoms with Crippen LogP contribution in [0.4, 0.5) is 5.00 Å². The van der Waals surface area contributed by atoms with Gasteiger partial charge in [-0.1, -0.05) is 41.7 Å². The van der Waals surface area contributed by atoms with Crippen LogP contribution in [0.5, 0.6) is 0 Å². The van der Waals surface area contributed by atoms with Crippen molar-refractivity contribution in [1.82, 2.24) is 4.98 Å². The van der Waals surface area contributed by atoms with Gasteiger partial charge in [-0.3, -0.25) is 0 Å². The van der Waals surface area contributed by atoms with E-state index in [1.165, 1.54) is 5.56 Å². The van der Waals surface area contributed by atoms with Crippen molar-refractivity contribution in [3.63, 3.8) is 0 Å². The van der Waals surface area contributed by atoms with Gasteiger partial charge in [0.2, 0.25) is 0 Å². The number of hydrogen-bond donors (Lipinski definition) is 1. The van der Waals surface area contributed by atoms with Crippen molar-refractivity contribution in [3.8, 4) is 10.6 Å². The smallest absolute Gasteiger partial charge is 0.125 e. The highest BCUT2D eigenvalue weighted by molar-refractivity contribution is 7.19. The third-order valence-corrected chi connectivity index (χ3v) is 3.27. The van der Waals surface area contributed by atoms with Crippen molar-refractivity contribution in [1.29, 1.82) is 0 Å². The predicted octanol–water partition coefficient (Wildman–Crippen LogP) is 3.16. The minimum absolute atomic E-state index is 1.07. The zero-order valence-corrected chi connectivity index (χ0v) is 9.06. The van der Waals surface area contributed by atoms with Gasteiger partial charge in [0.1, 0.15) is 10.0 Å². The van der Waals surface area contributed by atoms with Gasteiger partial charge in [0.25, 0.3) is 0 Å². The second kappa shape index (κ2) is 3.80. The van der Waals surface area contributed by atoms with Crippen molar-refractivity contribution in [2.45, 2.75) is 6.92 Å². The first-order chi connectivity index (χ1) is 6.81. The van der Waals surface area contributed by atoms with E-state index in [2.05, 4.69) is 22.4 Å². The van der Waals surface area contributed by atoms with Crippen LogP contribution in [-0.2, 0) is 0 Å². The van der Waals surface area contributed by atoms with Gasteiger partial charge in [0, 0.05) is 12.6 Å². The summed E-state index contributed by atoms with van der Waals surface area (Å²) < 4.78 is 0. The molecule has 0 fully saturated rings. The summed E-state index contributed by atoms with van der Waals surface area (Å²) in [5.74, 6) is 0. The molecule has 0 aliphatic carbocycles. The molecule has 2 aromatic rings. The monoisotopic (exact) mass is 204 g/mol. The van der Waals surface area contributed by atoms with Crippen molar-refractivity contribution in [3.05, 3.63) is 36.0 Å². The first-order valence-corrected chi connectivity index (χ1v) is 5.33. The molecule has 0 spiro atoms. The summed E-state index contributed by atoms with van der Waals surface area (Å²) >= 11 is 1.69. The Labute approximate surface area is 87.6 Å². The van der Waals surface area contributed by atoms with Crippen LogP contribution in [0.15, 0.2) is 30.3 Å². The van der Waals surface area contributed by atoms with E-state index < -0.39 is 0 Å². The summed E-state index contributed by atoms with van der Waals surface area (Å²) in [7, 11) is 1.93. The molecule has 1 heterocycles. The first-order valence-electron chi connectivity index (χ1n) is 4.52. The van der Waals surface area contributed by atoms with Crippen LogP contribution < -0.4 is 5.32 Å². The fourth-order valence-corrected chi connectivity index (χ4v) is 2.26. The van der Waals surface area contributed by atoms with Crippen molar-refractivity contribution in [2.75, 3.05) is 12.4 Å². The highest BCUT2D eigenvalue weighted by Crippen LogP contribution is 2.30. The maximum Gasteiger partial charge on any atom is 0.125 e. The number of nitrogens with one attached hydrogen (secondary N) is 1. The van der Waals surface area contributed by atoms with Crippen LogP contribution >= 0.6 is 11.3 Å². The van der Waals surface area contributed by atoms with Gasteiger partial charge in [-0.05, 0) is 6.92 Å². The maximum absolute atomic E-state index is 4.51. The molecule has 2 rings (SSSR count). The van der Waals surface area contributed by atoms with Crippen molar-refractivity contribution in [2.24, 2.45) is 0 Å². The highest BCUT2D eigenvalue weighted by atomic mass is 32.1. The topological polar surface area (TPSA) is 24.9 Å². The SMILES string of the molecule is CNc1sc(-c2ccccc2)nc1C. The molecule has 0 bridgehead atoms. The molecule has 1 aromatic carbocycles. The minimum Gasteiger partial charge on any atom is -0.378 e. The molecule has 14 heavy (non-hydrogen) atoms. The highest BCUT2D eigenvalue weighted by Gasteiger charge is 2.06. The van der Waals surface area contributed by atoms with E-state index in [-0.39, 0.29) is 0 Å². The van der Waals surface area contributed by atoms with Crippen molar-refractivity contribution >= 4 is 16.3 Å². The average molecular weight is 204 g/mol. The van der Waals surface area contributed by atoms with E-state index in [0.29, 0.717) is 0 Å². The fourth-order valence-electron chi connectivity index (χ4n) is 1.33. The van der Waals surface area contributed by atoms with Gasteiger partial charge >= 0.3 is 0 Å². The number of benzene rings is 1. The summed E-state index contributed by atoms with van der Waals surface area (Å²) in [4.78, 5) is 4.51. The Kier molecular flexibility index (Phi) is 2.50. The molecule has 1 N–H and O–H groups in total. The van der Waals surface area contributed by atoms with Crippen LogP contribution in [-0.4, -0.2) is 12.0 Å². The molecule has 0 amide bonds. The Morgan fingerprint density at radius 3 is 2.50 bits per heavy atom. The van der Waals surface area contributed by atoms with E-state index in [1.54, 1.807) is 11.3 Å². The van der Waals surface area contributed by atoms with E-state index in [0.717, 1.165) is 15.7 Å². The normalized spacial score (nSPS) is 10.1. The third-order valence-electron chi connectivity index (χ3n) is 2.04. The lowest BCUT2D eigenvalue weighted by Gasteiger charge is -1.93. The summed E-state index contributed by atoms with van der Waals surface area (Å²) in [6, 6.07) is 10.2. The Hall–Kier alpha value is -1.35. The second-order valence-electron chi connectivity index (χ2n) is 3.05. The Balaban J connectivity index is 2.43. The molecular formula is C11H12N2S. The number of nitrogens with zero attached hydrogens (tertiary/aromatic N) is 1. The zero-order chi connectivity index (χ0) is 9.97. The predicted molar refractivity (Wildman–Crippen MR) is 61.8 cm³/mol. The largest absolute Gasteiger partial charge is 0.378 e. The Morgan fingerprint density at radius 2 is 1.93 bits per heavy atom.